The van der Waals surface area contributed by atoms with E-state index in [1.165, 1.54) is 5.56 Å². The second-order valence-corrected chi connectivity index (χ2v) is 5.63. The molecular weight excluding hydrogens is 248 g/mol. The summed E-state index contributed by atoms with van der Waals surface area (Å²) >= 11 is 0. The Hall–Kier alpha value is -1.70. The molecule has 0 saturated heterocycles. The van der Waals surface area contributed by atoms with E-state index < -0.39 is 5.41 Å². The van der Waals surface area contributed by atoms with Crippen LogP contribution in [0.1, 0.15) is 44.6 Å². The number of ketones is 2. The van der Waals surface area contributed by atoms with Crippen LogP contribution in [0.4, 0.5) is 0 Å². The molecule has 0 aromatic heterocycles. The first-order chi connectivity index (χ1) is 9.65. The van der Waals surface area contributed by atoms with Crippen LogP contribution in [0.25, 0.3) is 0 Å². The molecule has 1 aromatic carbocycles. The highest BCUT2D eigenvalue weighted by Crippen LogP contribution is 2.37. The second-order valence-electron chi connectivity index (χ2n) is 5.63. The Morgan fingerprint density at radius 3 is 2.60 bits per heavy atom. The molecule has 1 aliphatic carbocycles. The number of carbonyl (C=O) groups is 2. The van der Waals surface area contributed by atoms with Crippen molar-refractivity contribution in [2.24, 2.45) is 5.41 Å². The summed E-state index contributed by atoms with van der Waals surface area (Å²) in [6.07, 6.45) is 8.69. The molecule has 0 amide bonds. The van der Waals surface area contributed by atoms with Crippen molar-refractivity contribution in [2.45, 2.75) is 45.4 Å². The van der Waals surface area contributed by atoms with E-state index in [-0.39, 0.29) is 11.6 Å². The summed E-state index contributed by atoms with van der Waals surface area (Å²) < 4.78 is 0. The fourth-order valence-corrected chi connectivity index (χ4v) is 2.94. The molecule has 2 nitrogen and oxygen atoms in total. The summed E-state index contributed by atoms with van der Waals surface area (Å²) in [6.45, 7) is 1.56. The van der Waals surface area contributed by atoms with Gasteiger partial charge in [0.15, 0.2) is 0 Å². The number of rotatable bonds is 5. The standard InChI is InChI=1S/C18H22O2/c1-15(19)18(14-8-6-12-17(18)20)13-7-5-11-16-9-3-2-4-10-16/h2-5,7,9-10H,6,8,11-14H2,1H3/b7-5+/t18-/m1/s1. The minimum absolute atomic E-state index is 0.0339. The Bertz CT molecular complexity index is 501. The molecule has 0 bridgehead atoms. The maximum atomic E-state index is 12.2. The van der Waals surface area contributed by atoms with Gasteiger partial charge < -0.3 is 0 Å². The molecule has 0 aliphatic heterocycles. The zero-order chi connectivity index (χ0) is 14.4. The molecule has 0 N–H and O–H groups in total. The number of benzene rings is 1. The van der Waals surface area contributed by atoms with Crippen molar-refractivity contribution in [1.29, 1.82) is 0 Å². The first-order valence-corrected chi connectivity index (χ1v) is 7.38. The van der Waals surface area contributed by atoms with Gasteiger partial charge in [-0.05, 0) is 38.2 Å². The lowest BCUT2D eigenvalue weighted by Crippen LogP contribution is -2.40. The molecule has 1 fully saturated rings. The minimum atomic E-state index is -0.731. The minimum Gasteiger partial charge on any atom is -0.299 e. The van der Waals surface area contributed by atoms with Crippen LogP contribution in [0.15, 0.2) is 42.5 Å². The number of hydrogen-bond acceptors (Lipinski definition) is 2. The fourth-order valence-electron chi connectivity index (χ4n) is 2.94. The third-order valence-corrected chi connectivity index (χ3v) is 4.29. The van der Waals surface area contributed by atoms with E-state index in [1.54, 1.807) is 6.92 Å². The third kappa shape index (κ3) is 3.24. The fraction of sp³-hybridized carbons (Fsp3) is 0.444. The van der Waals surface area contributed by atoms with Gasteiger partial charge >= 0.3 is 0 Å². The molecule has 0 unspecified atom stereocenters. The van der Waals surface area contributed by atoms with Crippen LogP contribution in [0, 0.1) is 5.41 Å². The maximum absolute atomic E-state index is 12.2. The molecule has 0 spiro atoms. The van der Waals surface area contributed by atoms with Gasteiger partial charge in [0.05, 0.1) is 5.41 Å². The van der Waals surface area contributed by atoms with Crippen LogP contribution in [0.5, 0.6) is 0 Å². The van der Waals surface area contributed by atoms with Gasteiger partial charge in [-0.15, -0.1) is 0 Å². The number of Topliss-reactive ketones (excluding diaryl/α,β-unsaturated/α-hetero) is 2. The maximum Gasteiger partial charge on any atom is 0.146 e. The van der Waals surface area contributed by atoms with E-state index in [0.717, 1.165) is 25.7 Å². The summed E-state index contributed by atoms with van der Waals surface area (Å²) in [5.41, 5.74) is 0.515. The highest BCUT2D eigenvalue weighted by Gasteiger charge is 2.42. The van der Waals surface area contributed by atoms with Crippen molar-refractivity contribution in [2.75, 3.05) is 0 Å². The van der Waals surface area contributed by atoms with Crippen LogP contribution >= 0.6 is 0 Å². The molecular formula is C18H22O2. The predicted molar refractivity (Wildman–Crippen MR) is 80.5 cm³/mol. The SMILES string of the molecule is CC(=O)[C@@]1(C/C=C/Cc2ccccc2)CCCCC1=O. The van der Waals surface area contributed by atoms with E-state index >= 15 is 0 Å². The molecule has 1 atom stereocenters. The highest BCUT2D eigenvalue weighted by atomic mass is 16.2. The summed E-state index contributed by atoms with van der Waals surface area (Å²) in [5, 5.41) is 0. The van der Waals surface area contributed by atoms with Gasteiger partial charge in [-0.25, -0.2) is 0 Å². The van der Waals surface area contributed by atoms with Gasteiger partial charge in [-0.3, -0.25) is 9.59 Å². The summed E-state index contributed by atoms with van der Waals surface area (Å²) in [7, 11) is 0. The Morgan fingerprint density at radius 1 is 1.20 bits per heavy atom. The molecule has 20 heavy (non-hydrogen) atoms. The summed E-state index contributed by atoms with van der Waals surface area (Å²) in [4.78, 5) is 24.1. The monoisotopic (exact) mass is 270 g/mol. The van der Waals surface area contributed by atoms with Crippen LogP contribution in [0.2, 0.25) is 0 Å². The van der Waals surface area contributed by atoms with Gasteiger partial charge in [0, 0.05) is 6.42 Å². The first kappa shape index (κ1) is 14.7. The lowest BCUT2D eigenvalue weighted by atomic mass is 9.68. The first-order valence-electron chi connectivity index (χ1n) is 7.38. The van der Waals surface area contributed by atoms with E-state index in [2.05, 4.69) is 18.2 Å². The van der Waals surface area contributed by atoms with Crippen molar-refractivity contribution in [3.8, 4) is 0 Å². The summed E-state index contributed by atoms with van der Waals surface area (Å²) in [5.74, 6) is 0.173. The van der Waals surface area contributed by atoms with Crippen LogP contribution in [0.3, 0.4) is 0 Å². The van der Waals surface area contributed by atoms with Gasteiger partial charge in [0.1, 0.15) is 11.6 Å². The lowest BCUT2D eigenvalue weighted by Gasteiger charge is -2.32. The Morgan fingerprint density at radius 2 is 1.95 bits per heavy atom. The average molecular weight is 270 g/mol. The van der Waals surface area contributed by atoms with E-state index in [9.17, 15) is 9.59 Å². The highest BCUT2D eigenvalue weighted by molar-refractivity contribution is 6.06. The Kier molecular flexibility index (Phi) is 4.89. The molecule has 1 aliphatic rings. The van der Waals surface area contributed by atoms with E-state index in [0.29, 0.717) is 12.8 Å². The van der Waals surface area contributed by atoms with Crippen LogP contribution < -0.4 is 0 Å². The summed E-state index contributed by atoms with van der Waals surface area (Å²) in [6, 6.07) is 10.2. The zero-order valence-electron chi connectivity index (χ0n) is 12.1. The number of hydrogen-bond donors (Lipinski definition) is 0. The van der Waals surface area contributed by atoms with E-state index in [1.807, 2.05) is 24.3 Å². The predicted octanol–water partition coefficient (Wildman–Crippen LogP) is 3.89. The largest absolute Gasteiger partial charge is 0.299 e. The van der Waals surface area contributed by atoms with Crippen LogP contribution in [-0.4, -0.2) is 11.6 Å². The molecule has 2 heteroatoms. The lowest BCUT2D eigenvalue weighted by molar-refractivity contribution is -0.141. The smallest absolute Gasteiger partial charge is 0.146 e. The average Bonchev–Trinajstić information content (AvgIpc) is 2.46. The Labute approximate surface area is 120 Å². The normalized spacial score (nSPS) is 23.1. The van der Waals surface area contributed by atoms with Crippen molar-refractivity contribution in [1.82, 2.24) is 0 Å². The molecule has 0 radical (unpaired) electrons. The molecule has 1 saturated carbocycles. The molecule has 1 aromatic rings. The van der Waals surface area contributed by atoms with Crippen molar-refractivity contribution < 1.29 is 9.59 Å². The van der Waals surface area contributed by atoms with Gasteiger partial charge in [0.25, 0.3) is 0 Å². The van der Waals surface area contributed by atoms with Gasteiger partial charge in [-0.1, -0.05) is 48.9 Å². The van der Waals surface area contributed by atoms with Crippen molar-refractivity contribution >= 4 is 11.6 Å². The number of carbonyl (C=O) groups excluding carboxylic acids is 2. The molecule has 106 valence electrons. The zero-order valence-corrected chi connectivity index (χ0v) is 12.1. The van der Waals surface area contributed by atoms with Crippen molar-refractivity contribution in [3.05, 3.63) is 48.0 Å². The van der Waals surface area contributed by atoms with Gasteiger partial charge in [-0.2, -0.15) is 0 Å². The second kappa shape index (κ2) is 6.65. The molecule has 0 heterocycles. The van der Waals surface area contributed by atoms with Crippen molar-refractivity contribution in [3.63, 3.8) is 0 Å². The van der Waals surface area contributed by atoms with Crippen LogP contribution in [-0.2, 0) is 16.0 Å². The van der Waals surface area contributed by atoms with E-state index in [4.69, 9.17) is 0 Å². The third-order valence-electron chi connectivity index (χ3n) is 4.29. The Balaban J connectivity index is 1.99. The molecule has 2 rings (SSSR count). The quantitative estimate of drug-likeness (QED) is 0.601. The number of allylic oxidation sites excluding steroid dienone is 2. The van der Waals surface area contributed by atoms with Gasteiger partial charge in [0.2, 0.25) is 0 Å². The topological polar surface area (TPSA) is 34.1 Å².